The van der Waals surface area contributed by atoms with Gasteiger partial charge in [0.25, 0.3) is 11.8 Å². The van der Waals surface area contributed by atoms with Gasteiger partial charge in [0.15, 0.2) is 23.0 Å². The lowest BCUT2D eigenvalue weighted by molar-refractivity contribution is -0.130. The van der Waals surface area contributed by atoms with E-state index in [1.165, 1.54) is 20.3 Å². The molecule has 1 saturated heterocycles. The molecule has 9 nitrogen and oxygen atoms in total. The van der Waals surface area contributed by atoms with Crippen molar-refractivity contribution in [1.82, 2.24) is 10.2 Å². The second-order valence-electron chi connectivity index (χ2n) is 8.35. The molecule has 0 saturated carbocycles. The quantitative estimate of drug-likeness (QED) is 0.236. The molecule has 38 heavy (non-hydrogen) atoms. The van der Waals surface area contributed by atoms with Gasteiger partial charge in [0.1, 0.15) is 12.2 Å². The van der Waals surface area contributed by atoms with E-state index in [-0.39, 0.29) is 18.7 Å². The number of urea groups is 1. The zero-order valence-electron chi connectivity index (χ0n) is 21.9. The van der Waals surface area contributed by atoms with Gasteiger partial charge in [0.2, 0.25) is 0 Å². The van der Waals surface area contributed by atoms with Crippen LogP contribution in [0.4, 0.5) is 4.79 Å². The minimum absolute atomic E-state index is 0.0704. The van der Waals surface area contributed by atoms with Crippen LogP contribution in [0.15, 0.2) is 61.2 Å². The van der Waals surface area contributed by atoms with Gasteiger partial charge < -0.3 is 18.9 Å². The van der Waals surface area contributed by atoms with Crippen molar-refractivity contribution in [3.05, 3.63) is 77.9 Å². The van der Waals surface area contributed by atoms with E-state index in [1.807, 2.05) is 6.92 Å². The molecule has 1 fully saturated rings. The Morgan fingerprint density at radius 3 is 2.37 bits per heavy atom. The first kappa shape index (κ1) is 28.0. The van der Waals surface area contributed by atoms with Crippen molar-refractivity contribution in [2.24, 2.45) is 0 Å². The summed E-state index contributed by atoms with van der Waals surface area (Å²) < 4.78 is 22.3. The number of ether oxygens (including phenoxy) is 4. The highest BCUT2D eigenvalue weighted by atomic mass is 16.5. The summed E-state index contributed by atoms with van der Waals surface area (Å²) in [5.41, 5.74) is 1.71. The van der Waals surface area contributed by atoms with Gasteiger partial charge in [0.05, 0.1) is 27.4 Å². The van der Waals surface area contributed by atoms with Gasteiger partial charge in [-0.25, -0.2) is 4.79 Å². The second kappa shape index (κ2) is 13.1. The highest BCUT2D eigenvalue weighted by molar-refractivity contribution is 6.31. The number of benzene rings is 2. The number of barbiturate groups is 1. The second-order valence-corrected chi connectivity index (χ2v) is 8.35. The van der Waals surface area contributed by atoms with Gasteiger partial charge in [-0.2, -0.15) is 0 Å². The Morgan fingerprint density at radius 1 is 0.947 bits per heavy atom. The topological polar surface area (TPSA) is 103 Å². The number of carbonyl (C=O) groups is 3. The van der Waals surface area contributed by atoms with Crippen molar-refractivity contribution in [2.75, 3.05) is 27.4 Å². The minimum atomic E-state index is -0.805. The van der Waals surface area contributed by atoms with Gasteiger partial charge in [-0.1, -0.05) is 31.7 Å². The Balaban J connectivity index is 1.94. The minimum Gasteiger partial charge on any atom is -0.493 e. The number of nitrogens with one attached hydrogen (secondary N) is 1. The third kappa shape index (κ3) is 6.42. The van der Waals surface area contributed by atoms with Gasteiger partial charge >= 0.3 is 6.03 Å². The summed E-state index contributed by atoms with van der Waals surface area (Å²) in [4.78, 5) is 39.6. The average Bonchev–Trinajstić information content (AvgIpc) is 2.91. The number of amides is 4. The van der Waals surface area contributed by atoms with Crippen LogP contribution >= 0.6 is 0 Å². The molecule has 1 aliphatic heterocycles. The van der Waals surface area contributed by atoms with E-state index in [4.69, 9.17) is 18.9 Å². The zero-order chi connectivity index (χ0) is 27.7. The number of allylic oxidation sites excluding steroid dienone is 1. The fraction of sp³-hybridized carbons (Fsp3) is 0.276. The van der Waals surface area contributed by atoms with Crippen molar-refractivity contribution in [1.29, 1.82) is 0 Å². The highest BCUT2D eigenvalue weighted by Gasteiger charge is 2.36. The lowest BCUT2D eigenvalue weighted by Crippen LogP contribution is -2.53. The maximum Gasteiger partial charge on any atom is 0.331 e. The standard InChI is InChI=1S/C29H32N2O7/c1-6-9-21-14-20(17-25(36-5)26(21)38-13-8-3)15-22-27(32)30-29(34)31(28(22)33)18-19-10-11-23(37-12-7-2)24(16-19)35-4/h6,8,10-11,14-17H,1,3,7,9,12-13,18H2,2,4-5H3,(H,30,32,34)/b22-15+. The summed E-state index contributed by atoms with van der Waals surface area (Å²) in [6.45, 7) is 10.2. The van der Waals surface area contributed by atoms with Crippen molar-refractivity contribution >= 4 is 23.9 Å². The number of hydrogen-bond acceptors (Lipinski definition) is 7. The van der Waals surface area contributed by atoms with Crippen LogP contribution in [-0.2, 0) is 22.6 Å². The Bertz CT molecular complexity index is 1270. The number of rotatable bonds is 13. The van der Waals surface area contributed by atoms with Crippen molar-refractivity contribution in [2.45, 2.75) is 26.3 Å². The van der Waals surface area contributed by atoms with Crippen molar-refractivity contribution in [3.63, 3.8) is 0 Å². The molecule has 200 valence electrons. The average molecular weight is 521 g/mol. The van der Waals surface area contributed by atoms with Crippen LogP contribution in [0.5, 0.6) is 23.0 Å². The van der Waals surface area contributed by atoms with Crippen LogP contribution in [0.2, 0.25) is 0 Å². The van der Waals surface area contributed by atoms with E-state index in [9.17, 15) is 14.4 Å². The van der Waals surface area contributed by atoms with Gasteiger partial charge in [-0.05, 0) is 54.3 Å². The van der Waals surface area contributed by atoms with Gasteiger partial charge in [0, 0.05) is 5.56 Å². The predicted octanol–water partition coefficient (Wildman–Crippen LogP) is 4.45. The maximum atomic E-state index is 13.3. The first-order valence-electron chi connectivity index (χ1n) is 12.1. The number of imide groups is 2. The molecule has 0 unspecified atom stereocenters. The van der Waals surface area contributed by atoms with E-state index in [0.717, 1.165) is 16.9 Å². The molecule has 1 heterocycles. The Morgan fingerprint density at radius 2 is 1.71 bits per heavy atom. The summed E-state index contributed by atoms with van der Waals surface area (Å²) in [7, 11) is 3.01. The third-order valence-corrected chi connectivity index (χ3v) is 5.61. The van der Waals surface area contributed by atoms with Crippen LogP contribution in [0, 0.1) is 0 Å². The molecule has 0 atom stereocenters. The number of methoxy groups -OCH3 is 2. The molecule has 0 bridgehead atoms. The van der Waals surface area contributed by atoms with E-state index >= 15 is 0 Å². The molecule has 1 aliphatic rings. The summed E-state index contributed by atoms with van der Waals surface area (Å²) in [6, 6.07) is 7.78. The monoisotopic (exact) mass is 520 g/mol. The first-order valence-corrected chi connectivity index (χ1v) is 12.1. The van der Waals surface area contributed by atoms with Gasteiger partial charge in [-0.15, -0.1) is 6.58 Å². The highest BCUT2D eigenvalue weighted by Crippen LogP contribution is 2.35. The van der Waals surface area contributed by atoms with Crippen LogP contribution in [0.3, 0.4) is 0 Å². The summed E-state index contributed by atoms with van der Waals surface area (Å²) in [5, 5.41) is 2.25. The SMILES string of the molecule is C=CCOc1c(CC=C)cc(/C=C2\C(=O)NC(=O)N(Cc3ccc(OCCC)c(OC)c3)C2=O)cc1OC. The van der Waals surface area contributed by atoms with Crippen molar-refractivity contribution < 1.29 is 33.3 Å². The normalized spacial score (nSPS) is 14.2. The molecule has 2 aromatic rings. The van der Waals surface area contributed by atoms with E-state index in [1.54, 1.807) is 42.5 Å². The van der Waals surface area contributed by atoms with Crippen LogP contribution < -0.4 is 24.3 Å². The van der Waals surface area contributed by atoms with Crippen LogP contribution in [0.25, 0.3) is 6.08 Å². The Labute approximate surface area is 222 Å². The fourth-order valence-electron chi connectivity index (χ4n) is 3.86. The molecule has 9 heteroatoms. The molecule has 0 aliphatic carbocycles. The fourth-order valence-corrected chi connectivity index (χ4v) is 3.86. The predicted molar refractivity (Wildman–Crippen MR) is 143 cm³/mol. The summed E-state index contributed by atoms with van der Waals surface area (Å²) in [6.07, 6.45) is 6.04. The Hall–Kier alpha value is -4.53. The molecule has 0 aromatic heterocycles. The first-order chi connectivity index (χ1) is 18.4. The number of nitrogens with zero attached hydrogens (tertiary/aromatic N) is 1. The number of hydrogen-bond donors (Lipinski definition) is 1. The molecule has 4 amide bonds. The molecular formula is C29H32N2O7. The van der Waals surface area contributed by atoms with Crippen molar-refractivity contribution in [3.8, 4) is 23.0 Å². The largest absolute Gasteiger partial charge is 0.493 e. The third-order valence-electron chi connectivity index (χ3n) is 5.61. The molecule has 1 N–H and O–H groups in total. The number of carbonyl (C=O) groups excluding carboxylic acids is 3. The maximum absolute atomic E-state index is 13.3. The smallest absolute Gasteiger partial charge is 0.331 e. The van der Waals surface area contributed by atoms with Crippen LogP contribution in [0.1, 0.15) is 30.0 Å². The zero-order valence-corrected chi connectivity index (χ0v) is 21.9. The molecule has 2 aromatic carbocycles. The molecule has 0 radical (unpaired) electrons. The molecule has 3 rings (SSSR count). The summed E-state index contributed by atoms with van der Waals surface area (Å²) in [5.74, 6) is 0.480. The van der Waals surface area contributed by atoms with E-state index in [2.05, 4.69) is 18.5 Å². The van der Waals surface area contributed by atoms with Crippen LogP contribution in [-0.4, -0.2) is 50.2 Å². The lowest BCUT2D eigenvalue weighted by atomic mass is 10.0. The summed E-state index contributed by atoms with van der Waals surface area (Å²) >= 11 is 0. The molecule has 0 spiro atoms. The molecular weight excluding hydrogens is 488 g/mol. The lowest BCUT2D eigenvalue weighted by Gasteiger charge is -2.26. The van der Waals surface area contributed by atoms with E-state index in [0.29, 0.717) is 47.2 Å². The van der Waals surface area contributed by atoms with E-state index < -0.39 is 17.8 Å². The van der Waals surface area contributed by atoms with Gasteiger partial charge in [-0.3, -0.25) is 19.8 Å². The Kier molecular flexibility index (Phi) is 9.70.